The van der Waals surface area contributed by atoms with Crippen molar-refractivity contribution in [1.29, 1.82) is 0 Å². The van der Waals surface area contributed by atoms with Gasteiger partial charge in [-0.15, -0.1) is 0 Å². The molecule has 6 nitrogen and oxygen atoms in total. The smallest absolute Gasteiger partial charge is 0.332 e. The summed E-state index contributed by atoms with van der Waals surface area (Å²) >= 11 is 0. The van der Waals surface area contributed by atoms with Crippen molar-refractivity contribution in [3.63, 3.8) is 0 Å². The Morgan fingerprint density at radius 3 is 3.16 bits per heavy atom. The molecule has 19 heavy (non-hydrogen) atoms. The number of furan rings is 1. The molecule has 0 aliphatic heterocycles. The van der Waals surface area contributed by atoms with Crippen molar-refractivity contribution in [2.75, 3.05) is 6.61 Å². The molecule has 1 aliphatic rings. The predicted molar refractivity (Wildman–Crippen MR) is 67.1 cm³/mol. The van der Waals surface area contributed by atoms with Gasteiger partial charge in [0.1, 0.15) is 5.76 Å². The maximum absolute atomic E-state index is 11.9. The van der Waals surface area contributed by atoms with Crippen LogP contribution in [0.5, 0.6) is 0 Å². The van der Waals surface area contributed by atoms with E-state index in [0.29, 0.717) is 0 Å². The van der Waals surface area contributed by atoms with E-state index in [9.17, 15) is 9.59 Å². The highest BCUT2D eigenvalue weighted by molar-refractivity contribution is 6.01. The Balaban J connectivity index is 1.99. The van der Waals surface area contributed by atoms with Crippen LogP contribution in [0.2, 0.25) is 0 Å². The lowest BCUT2D eigenvalue weighted by molar-refractivity contribution is -0.148. The number of aryl methyl sites for hydroxylation is 1. The molecule has 0 aromatic carbocycles. The average molecular weight is 266 g/mol. The number of amides is 1. The van der Waals surface area contributed by atoms with Gasteiger partial charge in [-0.25, -0.2) is 4.79 Å². The van der Waals surface area contributed by atoms with E-state index in [1.165, 1.54) is 0 Å². The van der Waals surface area contributed by atoms with Crippen LogP contribution in [0.25, 0.3) is 0 Å². The van der Waals surface area contributed by atoms with Crippen LogP contribution in [0.4, 0.5) is 0 Å². The van der Waals surface area contributed by atoms with Crippen LogP contribution in [0, 0.1) is 0 Å². The van der Waals surface area contributed by atoms with Crippen LogP contribution < -0.4 is 11.1 Å². The SMILES string of the molecule is CCOC(=O)C(N)C(=O)NC1CCCc2occc21. The first-order chi connectivity index (χ1) is 9.13. The highest BCUT2D eigenvalue weighted by Crippen LogP contribution is 2.30. The maximum Gasteiger partial charge on any atom is 0.332 e. The molecule has 104 valence electrons. The second kappa shape index (κ2) is 5.88. The van der Waals surface area contributed by atoms with Crippen LogP contribution in [0.15, 0.2) is 16.7 Å². The zero-order valence-electron chi connectivity index (χ0n) is 10.8. The molecule has 2 unspecified atom stereocenters. The molecular weight excluding hydrogens is 248 g/mol. The number of carbonyl (C=O) groups excluding carboxylic acids is 2. The van der Waals surface area contributed by atoms with E-state index in [-0.39, 0.29) is 12.6 Å². The lowest BCUT2D eigenvalue weighted by Gasteiger charge is -2.23. The van der Waals surface area contributed by atoms with Gasteiger partial charge < -0.3 is 20.2 Å². The van der Waals surface area contributed by atoms with Crippen molar-refractivity contribution < 1.29 is 18.7 Å². The Labute approximate surface area is 111 Å². The number of hydrogen-bond donors (Lipinski definition) is 2. The van der Waals surface area contributed by atoms with Crippen molar-refractivity contribution >= 4 is 11.9 Å². The van der Waals surface area contributed by atoms with Crippen LogP contribution in [-0.4, -0.2) is 24.5 Å². The van der Waals surface area contributed by atoms with Gasteiger partial charge in [0.05, 0.1) is 18.9 Å². The quantitative estimate of drug-likeness (QED) is 0.616. The molecule has 1 heterocycles. The van der Waals surface area contributed by atoms with Gasteiger partial charge in [-0.3, -0.25) is 4.79 Å². The average Bonchev–Trinajstić information content (AvgIpc) is 2.87. The van der Waals surface area contributed by atoms with Crippen molar-refractivity contribution in [2.45, 2.75) is 38.3 Å². The van der Waals surface area contributed by atoms with Gasteiger partial charge in [-0.05, 0) is 25.8 Å². The van der Waals surface area contributed by atoms with Crippen molar-refractivity contribution in [3.8, 4) is 0 Å². The largest absolute Gasteiger partial charge is 0.469 e. The molecule has 2 atom stereocenters. The number of nitrogens with two attached hydrogens (primary N) is 1. The monoisotopic (exact) mass is 266 g/mol. The van der Waals surface area contributed by atoms with E-state index in [1.807, 2.05) is 6.07 Å². The zero-order chi connectivity index (χ0) is 13.8. The molecule has 2 rings (SSSR count). The molecule has 0 fully saturated rings. The summed E-state index contributed by atoms with van der Waals surface area (Å²) in [5.74, 6) is -0.331. The summed E-state index contributed by atoms with van der Waals surface area (Å²) < 4.78 is 10.1. The highest BCUT2D eigenvalue weighted by Gasteiger charge is 2.29. The van der Waals surface area contributed by atoms with Crippen molar-refractivity contribution in [2.24, 2.45) is 5.73 Å². The molecule has 0 radical (unpaired) electrons. The van der Waals surface area contributed by atoms with Gasteiger partial charge in [0.2, 0.25) is 5.91 Å². The van der Waals surface area contributed by atoms with Crippen LogP contribution >= 0.6 is 0 Å². The minimum absolute atomic E-state index is 0.143. The van der Waals surface area contributed by atoms with Crippen LogP contribution in [-0.2, 0) is 20.7 Å². The summed E-state index contributed by atoms with van der Waals surface area (Å²) in [7, 11) is 0. The normalized spacial score (nSPS) is 19.4. The van der Waals surface area contributed by atoms with E-state index in [4.69, 9.17) is 14.9 Å². The Kier molecular flexibility index (Phi) is 4.21. The first-order valence-corrected chi connectivity index (χ1v) is 6.42. The summed E-state index contributed by atoms with van der Waals surface area (Å²) in [6, 6.07) is 0.419. The highest BCUT2D eigenvalue weighted by atomic mass is 16.5. The molecule has 0 bridgehead atoms. The first-order valence-electron chi connectivity index (χ1n) is 6.42. The summed E-state index contributed by atoms with van der Waals surface area (Å²) in [6.07, 6.45) is 4.23. The third-order valence-corrected chi connectivity index (χ3v) is 3.19. The molecule has 0 saturated heterocycles. The molecule has 6 heteroatoms. The lowest BCUT2D eigenvalue weighted by Crippen LogP contribution is -2.48. The molecule has 1 aromatic rings. The first kappa shape index (κ1) is 13.6. The minimum atomic E-state index is -1.28. The summed E-state index contributed by atoms with van der Waals surface area (Å²) in [5, 5.41) is 2.78. The maximum atomic E-state index is 11.9. The number of esters is 1. The Hall–Kier alpha value is -1.82. The molecular formula is C13H18N2O4. The Morgan fingerprint density at radius 2 is 2.42 bits per heavy atom. The Bertz CT molecular complexity index is 469. The number of fused-ring (bicyclic) bond motifs is 1. The van der Waals surface area contributed by atoms with Gasteiger partial charge in [0, 0.05) is 12.0 Å². The summed E-state index contributed by atoms with van der Waals surface area (Å²) in [4.78, 5) is 23.3. The van der Waals surface area contributed by atoms with Crippen LogP contribution in [0.1, 0.15) is 37.1 Å². The molecule has 0 spiro atoms. The van der Waals surface area contributed by atoms with Crippen LogP contribution in [0.3, 0.4) is 0 Å². The molecule has 1 amide bonds. The van der Waals surface area contributed by atoms with E-state index >= 15 is 0 Å². The third kappa shape index (κ3) is 2.96. The number of rotatable bonds is 4. The Morgan fingerprint density at radius 1 is 1.63 bits per heavy atom. The fraction of sp³-hybridized carbons (Fsp3) is 0.538. The van der Waals surface area contributed by atoms with E-state index in [0.717, 1.165) is 30.6 Å². The van der Waals surface area contributed by atoms with E-state index in [1.54, 1.807) is 13.2 Å². The topological polar surface area (TPSA) is 94.6 Å². The number of carbonyl (C=O) groups is 2. The van der Waals surface area contributed by atoms with E-state index < -0.39 is 17.9 Å². The second-order valence-corrected chi connectivity index (χ2v) is 4.48. The van der Waals surface area contributed by atoms with E-state index in [2.05, 4.69) is 5.32 Å². The van der Waals surface area contributed by atoms with Gasteiger partial charge in [0.25, 0.3) is 0 Å². The molecule has 1 aliphatic carbocycles. The van der Waals surface area contributed by atoms with Gasteiger partial charge >= 0.3 is 5.97 Å². The molecule has 3 N–H and O–H groups in total. The predicted octanol–water partition coefficient (Wildman–Crippen LogP) is 0.664. The second-order valence-electron chi connectivity index (χ2n) is 4.48. The third-order valence-electron chi connectivity index (χ3n) is 3.19. The number of nitrogens with one attached hydrogen (secondary N) is 1. The summed E-state index contributed by atoms with van der Waals surface area (Å²) in [6.45, 7) is 1.87. The molecule has 0 saturated carbocycles. The molecule has 1 aromatic heterocycles. The number of hydrogen-bond acceptors (Lipinski definition) is 5. The fourth-order valence-electron chi connectivity index (χ4n) is 2.24. The lowest BCUT2D eigenvalue weighted by atomic mass is 9.93. The van der Waals surface area contributed by atoms with Gasteiger partial charge in [-0.2, -0.15) is 0 Å². The fourth-order valence-corrected chi connectivity index (χ4v) is 2.24. The number of ether oxygens (including phenoxy) is 1. The standard InChI is InChI=1S/C13H18N2O4/c1-2-18-13(17)11(14)12(16)15-9-4-3-5-10-8(9)6-7-19-10/h6-7,9,11H,2-5,14H2,1H3,(H,15,16). The minimum Gasteiger partial charge on any atom is -0.469 e. The van der Waals surface area contributed by atoms with Gasteiger partial charge in [-0.1, -0.05) is 0 Å². The summed E-state index contributed by atoms with van der Waals surface area (Å²) in [5.41, 5.74) is 6.52. The van der Waals surface area contributed by atoms with Crippen molar-refractivity contribution in [3.05, 3.63) is 23.7 Å². The van der Waals surface area contributed by atoms with Crippen molar-refractivity contribution in [1.82, 2.24) is 5.32 Å². The zero-order valence-corrected chi connectivity index (χ0v) is 10.8. The van der Waals surface area contributed by atoms with Gasteiger partial charge in [0.15, 0.2) is 6.04 Å².